The molecule has 0 saturated carbocycles. The SMILES string of the molecule is CP[Si@@]1(C)OC(C(F)(F)F)(C(F)(F)F)c2ccccc21. The maximum Gasteiger partial charge on any atom is 0.429 e. The number of alkyl halides is 6. The molecular weight excluding hydrogens is 321 g/mol. The number of hydrogen-bond donors (Lipinski definition) is 0. The van der Waals surface area contributed by atoms with Crippen molar-refractivity contribution in [1.29, 1.82) is 0 Å². The first-order valence-corrected chi connectivity index (χ1v) is 10.5. The Morgan fingerprint density at radius 1 is 1.05 bits per heavy atom. The first-order chi connectivity index (χ1) is 8.99. The highest BCUT2D eigenvalue weighted by Gasteiger charge is 2.78. The fraction of sp³-hybridized carbons (Fsp3) is 0.455. The lowest BCUT2D eigenvalue weighted by Gasteiger charge is -2.36. The van der Waals surface area contributed by atoms with E-state index in [0.717, 1.165) is 6.07 Å². The van der Waals surface area contributed by atoms with Gasteiger partial charge in [-0.2, -0.15) is 26.3 Å². The Morgan fingerprint density at radius 2 is 1.55 bits per heavy atom. The van der Waals surface area contributed by atoms with Crippen LogP contribution in [-0.2, 0) is 10.0 Å². The molecular formula is C11H11F6OPSi. The van der Waals surface area contributed by atoms with Crippen LogP contribution in [0, 0.1) is 0 Å². The van der Waals surface area contributed by atoms with Gasteiger partial charge in [-0.15, -0.1) is 8.13 Å². The zero-order valence-corrected chi connectivity index (χ0v) is 12.5. The zero-order valence-electron chi connectivity index (χ0n) is 10.5. The minimum atomic E-state index is -5.55. The molecule has 1 nitrogen and oxygen atoms in total. The highest BCUT2D eigenvalue weighted by molar-refractivity contribution is 7.82. The summed E-state index contributed by atoms with van der Waals surface area (Å²) >= 11 is 0. The molecule has 9 heteroatoms. The van der Waals surface area contributed by atoms with Crippen LogP contribution >= 0.6 is 8.13 Å². The van der Waals surface area contributed by atoms with Gasteiger partial charge in [0, 0.05) is 5.56 Å². The second-order valence-corrected chi connectivity index (χ2v) is 12.3. The van der Waals surface area contributed by atoms with Crippen molar-refractivity contribution < 1.29 is 30.8 Å². The van der Waals surface area contributed by atoms with Crippen molar-refractivity contribution in [3.05, 3.63) is 29.8 Å². The van der Waals surface area contributed by atoms with Crippen molar-refractivity contribution >= 4 is 21.3 Å². The van der Waals surface area contributed by atoms with Crippen LogP contribution < -0.4 is 5.19 Å². The van der Waals surface area contributed by atoms with Gasteiger partial charge >= 0.3 is 12.4 Å². The largest absolute Gasteiger partial charge is 0.429 e. The minimum absolute atomic E-state index is 0.0792. The molecule has 0 N–H and O–H groups in total. The standard InChI is InChI=1S/C11H11F6OPSi/c1-19-20(2)8-6-4-3-5-7(8)9(18-20,10(12,13)14)11(15,16)17/h3-6,19H,1-2H3/t20-/m1/s1. The fourth-order valence-electron chi connectivity index (χ4n) is 2.39. The summed E-state index contributed by atoms with van der Waals surface area (Å²) in [4.78, 5) is 0. The van der Waals surface area contributed by atoms with E-state index in [1.807, 2.05) is 0 Å². The molecule has 0 fully saturated rings. The summed E-state index contributed by atoms with van der Waals surface area (Å²) < 4.78 is 84.3. The van der Waals surface area contributed by atoms with Crippen molar-refractivity contribution in [3.8, 4) is 0 Å². The maximum atomic E-state index is 13.3. The molecule has 1 aliphatic rings. The summed E-state index contributed by atoms with van der Waals surface area (Å²) in [5.74, 6) is 0. The van der Waals surface area contributed by atoms with E-state index in [4.69, 9.17) is 4.43 Å². The molecule has 0 bridgehead atoms. The van der Waals surface area contributed by atoms with Gasteiger partial charge in [-0.05, 0) is 18.4 Å². The Hall–Kier alpha value is -0.593. The monoisotopic (exact) mass is 332 g/mol. The average Bonchev–Trinajstić information content (AvgIpc) is 2.61. The van der Waals surface area contributed by atoms with Gasteiger partial charge in [-0.1, -0.05) is 24.3 Å². The Labute approximate surface area is 114 Å². The molecule has 1 aromatic carbocycles. The first kappa shape index (κ1) is 15.8. The summed E-state index contributed by atoms with van der Waals surface area (Å²) in [6.07, 6.45) is -11.1. The summed E-state index contributed by atoms with van der Waals surface area (Å²) in [6.45, 7) is 2.97. The second-order valence-electron chi connectivity index (χ2n) is 4.61. The van der Waals surface area contributed by atoms with E-state index < -0.39 is 31.5 Å². The average molecular weight is 332 g/mol. The highest BCUT2D eigenvalue weighted by atomic mass is 31.3. The van der Waals surface area contributed by atoms with Crippen LogP contribution in [0.2, 0.25) is 6.55 Å². The van der Waals surface area contributed by atoms with Crippen LogP contribution in [-0.4, -0.2) is 27.0 Å². The van der Waals surface area contributed by atoms with E-state index in [1.165, 1.54) is 24.7 Å². The smallest absolute Gasteiger partial charge is 0.385 e. The van der Waals surface area contributed by atoms with Gasteiger partial charge in [0.2, 0.25) is 7.98 Å². The molecule has 0 amide bonds. The topological polar surface area (TPSA) is 9.23 Å². The third kappa shape index (κ3) is 1.92. The third-order valence-corrected chi connectivity index (χ3v) is 10.6. The predicted octanol–water partition coefficient (Wildman–Crippen LogP) is 3.62. The van der Waals surface area contributed by atoms with Crippen LogP contribution in [0.25, 0.3) is 0 Å². The van der Waals surface area contributed by atoms with Crippen molar-refractivity contribution in [1.82, 2.24) is 0 Å². The lowest BCUT2D eigenvalue weighted by Crippen LogP contribution is -2.55. The molecule has 1 aromatic rings. The molecule has 2 rings (SSSR count). The molecule has 0 aromatic heterocycles. The molecule has 0 saturated heterocycles. The fourth-order valence-corrected chi connectivity index (χ4v) is 7.24. The van der Waals surface area contributed by atoms with Gasteiger partial charge in [0.15, 0.2) is 0 Å². The van der Waals surface area contributed by atoms with E-state index in [2.05, 4.69) is 0 Å². The number of rotatable bonds is 1. The van der Waals surface area contributed by atoms with Crippen LogP contribution in [0.5, 0.6) is 0 Å². The molecule has 0 spiro atoms. The van der Waals surface area contributed by atoms with Gasteiger partial charge in [0.05, 0.1) is 0 Å². The molecule has 2 atom stereocenters. The number of benzene rings is 1. The Bertz CT molecular complexity index is 514. The van der Waals surface area contributed by atoms with Gasteiger partial charge in [0.1, 0.15) is 0 Å². The van der Waals surface area contributed by atoms with Crippen LogP contribution in [0.15, 0.2) is 24.3 Å². The van der Waals surface area contributed by atoms with E-state index in [-0.39, 0.29) is 13.3 Å². The normalized spacial score (nSPS) is 26.2. The van der Waals surface area contributed by atoms with Crippen molar-refractivity contribution in [3.63, 3.8) is 0 Å². The lowest BCUT2D eigenvalue weighted by molar-refractivity contribution is -0.364. The third-order valence-electron chi connectivity index (χ3n) is 3.45. The molecule has 20 heavy (non-hydrogen) atoms. The Morgan fingerprint density at radius 3 is 2.00 bits per heavy atom. The number of fused-ring (bicyclic) bond motifs is 1. The Kier molecular flexibility index (Phi) is 3.51. The molecule has 1 unspecified atom stereocenters. The summed E-state index contributed by atoms with van der Waals surface area (Å²) in [5, 5.41) is 0.0792. The quantitative estimate of drug-likeness (QED) is 0.434. The number of halogens is 6. The first-order valence-electron chi connectivity index (χ1n) is 5.62. The van der Waals surface area contributed by atoms with E-state index in [9.17, 15) is 26.3 Å². The molecule has 1 heterocycles. The van der Waals surface area contributed by atoms with E-state index in [0.29, 0.717) is 0 Å². The van der Waals surface area contributed by atoms with Crippen LogP contribution in [0.1, 0.15) is 5.56 Å². The van der Waals surface area contributed by atoms with Crippen molar-refractivity contribution in [2.24, 2.45) is 0 Å². The van der Waals surface area contributed by atoms with Gasteiger partial charge in [-0.3, -0.25) is 0 Å². The highest BCUT2D eigenvalue weighted by Crippen LogP contribution is 2.58. The molecule has 112 valence electrons. The van der Waals surface area contributed by atoms with Gasteiger partial charge in [0.25, 0.3) is 5.60 Å². The van der Waals surface area contributed by atoms with Gasteiger partial charge in [-0.25, -0.2) is 0 Å². The Balaban J connectivity index is 2.81. The predicted molar refractivity (Wildman–Crippen MR) is 66.8 cm³/mol. The molecule has 0 aliphatic carbocycles. The van der Waals surface area contributed by atoms with Crippen molar-refractivity contribution in [2.75, 3.05) is 6.66 Å². The number of hydrogen-bond acceptors (Lipinski definition) is 1. The van der Waals surface area contributed by atoms with Crippen LogP contribution in [0.4, 0.5) is 26.3 Å². The lowest BCUT2D eigenvalue weighted by atomic mass is 9.92. The summed E-state index contributed by atoms with van der Waals surface area (Å²) in [6, 6.07) is 4.80. The summed E-state index contributed by atoms with van der Waals surface area (Å²) in [5.41, 5.74) is -5.00. The summed E-state index contributed by atoms with van der Waals surface area (Å²) in [7, 11) is -3.38. The zero-order chi connectivity index (χ0) is 15.4. The van der Waals surface area contributed by atoms with Gasteiger partial charge < -0.3 is 4.43 Å². The van der Waals surface area contributed by atoms with Crippen LogP contribution in [0.3, 0.4) is 0 Å². The minimum Gasteiger partial charge on any atom is -0.385 e. The molecule has 0 radical (unpaired) electrons. The maximum absolute atomic E-state index is 13.3. The van der Waals surface area contributed by atoms with E-state index >= 15 is 0 Å². The second kappa shape index (κ2) is 4.45. The van der Waals surface area contributed by atoms with Crippen molar-refractivity contribution in [2.45, 2.75) is 24.5 Å². The van der Waals surface area contributed by atoms with E-state index in [1.54, 1.807) is 6.66 Å². The molecule has 1 aliphatic heterocycles.